The van der Waals surface area contributed by atoms with Crippen molar-refractivity contribution in [2.24, 2.45) is 5.50 Å². The Balaban J connectivity index is 0.000000328. The first-order chi connectivity index (χ1) is 9.52. The average Bonchev–Trinajstić information content (AvgIpc) is 2.83. The van der Waals surface area contributed by atoms with Crippen molar-refractivity contribution in [3.63, 3.8) is 0 Å². The molecule has 3 rings (SSSR count). The maximum absolute atomic E-state index is 11.2. The standard InChI is InChI=1S/C12H8O4.H4NO2P/c1-14-12-10-8(4-5-15-10)6-7-2-3-9(13)16-11(7)12;1-4(2)3/h2-6H,1H3;2-3H,1H2. The molecule has 2 aromatic heterocycles. The summed E-state index contributed by atoms with van der Waals surface area (Å²) in [5, 5.41) is 1.73. The van der Waals surface area contributed by atoms with Gasteiger partial charge in [0.05, 0.1) is 13.4 Å². The zero-order chi connectivity index (χ0) is 14.7. The Morgan fingerprint density at radius 2 is 1.85 bits per heavy atom. The van der Waals surface area contributed by atoms with Gasteiger partial charge < -0.3 is 23.4 Å². The highest BCUT2D eigenvalue weighted by atomic mass is 31.2. The average molecular weight is 297 g/mol. The summed E-state index contributed by atoms with van der Waals surface area (Å²) in [6, 6.07) is 6.81. The molecule has 3 aromatic rings. The van der Waals surface area contributed by atoms with Crippen LogP contribution in [0, 0.1) is 0 Å². The Bertz CT molecular complexity index is 776. The summed E-state index contributed by atoms with van der Waals surface area (Å²) in [6.45, 7) is 0. The highest BCUT2D eigenvalue weighted by Gasteiger charge is 2.12. The summed E-state index contributed by atoms with van der Waals surface area (Å²) in [7, 11) is -0.603. The van der Waals surface area contributed by atoms with E-state index in [0.717, 1.165) is 10.8 Å². The van der Waals surface area contributed by atoms with Crippen molar-refractivity contribution < 1.29 is 23.4 Å². The Morgan fingerprint density at radius 3 is 2.50 bits per heavy atom. The highest BCUT2D eigenvalue weighted by molar-refractivity contribution is 7.42. The number of ether oxygens (including phenoxy) is 1. The van der Waals surface area contributed by atoms with E-state index in [0.29, 0.717) is 16.9 Å². The number of fused-ring (bicyclic) bond motifs is 2. The van der Waals surface area contributed by atoms with Crippen molar-refractivity contribution in [3.8, 4) is 5.75 Å². The van der Waals surface area contributed by atoms with Crippen LogP contribution in [-0.2, 0) is 0 Å². The van der Waals surface area contributed by atoms with Gasteiger partial charge in [-0.2, -0.15) is 0 Å². The quantitative estimate of drug-likeness (QED) is 0.462. The molecule has 0 radical (unpaired) electrons. The van der Waals surface area contributed by atoms with Crippen LogP contribution >= 0.6 is 8.53 Å². The Morgan fingerprint density at radius 1 is 1.20 bits per heavy atom. The lowest BCUT2D eigenvalue weighted by molar-refractivity contribution is 0.403. The molecule has 0 aliphatic heterocycles. The van der Waals surface area contributed by atoms with E-state index in [4.69, 9.17) is 23.4 Å². The molecule has 4 N–H and O–H groups in total. The molecule has 20 heavy (non-hydrogen) atoms. The van der Waals surface area contributed by atoms with Crippen LogP contribution in [0.1, 0.15) is 0 Å². The van der Waals surface area contributed by atoms with Gasteiger partial charge in [-0.25, -0.2) is 4.79 Å². The van der Waals surface area contributed by atoms with Crippen LogP contribution in [0.3, 0.4) is 0 Å². The number of methoxy groups -OCH3 is 1. The molecule has 0 aliphatic rings. The molecule has 0 aliphatic carbocycles. The zero-order valence-electron chi connectivity index (χ0n) is 10.4. The molecule has 0 fully saturated rings. The van der Waals surface area contributed by atoms with Gasteiger partial charge in [-0.3, -0.25) is 5.50 Å². The highest BCUT2D eigenvalue weighted by Crippen LogP contribution is 2.34. The molecule has 0 saturated carbocycles. The number of nitrogens with two attached hydrogens (primary N) is 1. The Kier molecular flexibility index (Phi) is 4.36. The lowest BCUT2D eigenvalue weighted by atomic mass is 10.1. The third-order valence-corrected chi connectivity index (χ3v) is 2.49. The van der Waals surface area contributed by atoms with Crippen LogP contribution < -0.4 is 15.9 Å². The number of rotatable bonds is 1. The molecular formula is C12H12NO6P. The first-order valence-electron chi connectivity index (χ1n) is 5.43. The van der Waals surface area contributed by atoms with Gasteiger partial charge in [0, 0.05) is 16.8 Å². The number of hydrogen-bond donors (Lipinski definition) is 3. The minimum atomic E-state index is -2.12. The van der Waals surface area contributed by atoms with Gasteiger partial charge in [0.15, 0.2) is 11.2 Å². The molecule has 1 aromatic carbocycles. The lowest BCUT2D eigenvalue weighted by Gasteiger charge is -2.03. The van der Waals surface area contributed by atoms with Crippen LogP contribution in [0.25, 0.3) is 21.9 Å². The maximum atomic E-state index is 11.2. The monoisotopic (exact) mass is 297 g/mol. The molecule has 8 heteroatoms. The largest absolute Gasteiger partial charge is 0.490 e. The van der Waals surface area contributed by atoms with Gasteiger partial charge in [0.25, 0.3) is 0 Å². The lowest BCUT2D eigenvalue weighted by Crippen LogP contribution is -1.96. The van der Waals surface area contributed by atoms with E-state index in [1.165, 1.54) is 13.2 Å². The predicted molar refractivity (Wildman–Crippen MR) is 74.4 cm³/mol. The smallest absolute Gasteiger partial charge is 0.336 e. The van der Waals surface area contributed by atoms with E-state index < -0.39 is 14.2 Å². The van der Waals surface area contributed by atoms with Crippen molar-refractivity contribution in [1.29, 1.82) is 0 Å². The predicted octanol–water partition coefficient (Wildman–Crippen LogP) is 1.70. The van der Waals surface area contributed by atoms with Crippen molar-refractivity contribution >= 4 is 30.5 Å². The molecule has 0 saturated heterocycles. The maximum Gasteiger partial charge on any atom is 0.336 e. The molecule has 2 heterocycles. The van der Waals surface area contributed by atoms with Crippen molar-refractivity contribution in [1.82, 2.24) is 0 Å². The summed E-state index contributed by atoms with van der Waals surface area (Å²) >= 11 is 0. The molecule has 0 unspecified atom stereocenters. The van der Waals surface area contributed by atoms with Gasteiger partial charge in [-0.1, -0.05) is 0 Å². The third-order valence-electron chi connectivity index (χ3n) is 2.49. The van der Waals surface area contributed by atoms with Crippen molar-refractivity contribution in [2.45, 2.75) is 0 Å². The third kappa shape index (κ3) is 2.97. The van der Waals surface area contributed by atoms with E-state index in [2.05, 4.69) is 5.50 Å². The fourth-order valence-electron chi connectivity index (χ4n) is 1.79. The van der Waals surface area contributed by atoms with E-state index in [-0.39, 0.29) is 0 Å². The zero-order valence-corrected chi connectivity index (χ0v) is 11.3. The molecule has 7 nitrogen and oxygen atoms in total. The number of furan rings is 1. The van der Waals surface area contributed by atoms with E-state index in [1.807, 2.05) is 12.1 Å². The number of benzene rings is 1. The Hall–Kier alpha value is -1.92. The summed E-state index contributed by atoms with van der Waals surface area (Å²) in [5.41, 5.74) is 4.88. The minimum absolute atomic E-state index is 0.406. The first kappa shape index (κ1) is 14.5. The van der Waals surface area contributed by atoms with Crippen molar-refractivity contribution in [2.75, 3.05) is 7.11 Å². The summed E-state index contributed by atoms with van der Waals surface area (Å²) in [4.78, 5) is 26.1. The second-order valence-electron chi connectivity index (χ2n) is 3.74. The van der Waals surface area contributed by atoms with Crippen LogP contribution in [0.15, 0.2) is 44.2 Å². The summed E-state index contributed by atoms with van der Waals surface area (Å²) < 4.78 is 15.6. The van der Waals surface area contributed by atoms with Gasteiger partial charge in [0.2, 0.25) is 14.3 Å². The van der Waals surface area contributed by atoms with Gasteiger partial charge in [-0.15, -0.1) is 0 Å². The van der Waals surface area contributed by atoms with Gasteiger partial charge >= 0.3 is 5.63 Å². The van der Waals surface area contributed by atoms with Gasteiger partial charge in [-0.05, 0) is 18.2 Å². The van der Waals surface area contributed by atoms with Crippen LogP contribution in [0.5, 0.6) is 5.75 Å². The van der Waals surface area contributed by atoms with Crippen molar-refractivity contribution in [3.05, 3.63) is 40.9 Å². The normalized spacial score (nSPS) is 10.7. The fourth-order valence-corrected chi connectivity index (χ4v) is 1.79. The van der Waals surface area contributed by atoms with E-state index >= 15 is 0 Å². The first-order valence-corrected chi connectivity index (χ1v) is 6.75. The summed E-state index contributed by atoms with van der Waals surface area (Å²) in [6.07, 6.45) is 1.57. The molecule has 0 spiro atoms. The molecule has 0 amide bonds. The van der Waals surface area contributed by atoms with Gasteiger partial charge in [0.1, 0.15) is 0 Å². The SMILES string of the molecule is COc1c2occc2cc2ccc(=O)oc12.NP(O)O. The summed E-state index contributed by atoms with van der Waals surface area (Å²) in [5.74, 6) is 0.454. The molecular weight excluding hydrogens is 285 g/mol. The van der Waals surface area contributed by atoms with E-state index in [1.54, 1.807) is 12.3 Å². The number of hydrogen-bond acceptors (Lipinski definition) is 7. The second-order valence-corrected chi connectivity index (χ2v) is 4.38. The fraction of sp³-hybridized carbons (Fsp3) is 0.0833. The topological polar surface area (TPSA) is 119 Å². The van der Waals surface area contributed by atoms with E-state index in [9.17, 15) is 4.79 Å². The molecule has 0 atom stereocenters. The van der Waals surface area contributed by atoms with Crippen LogP contribution in [-0.4, -0.2) is 16.9 Å². The molecule has 106 valence electrons. The second kappa shape index (κ2) is 6.02. The minimum Gasteiger partial charge on any atom is -0.490 e. The van der Waals surface area contributed by atoms with Crippen LogP contribution in [0.2, 0.25) is 0 Å². The van der Waals surface area contributed by atoms with Crippen LogP contribution in [0.4, 0.5) is 0 Å². The Labute approximate surface area is 114 Å². The molecule has 0 bridgehead atoms.